The van der Waals surface area contributed by atoms with Crippen LogP contribution in [0.15, 0.2) is 24.3 Å². The van der Waals surface area contributed by atoms with Crippen LogP contribution in [0.1, 0.15) is 21.7 Å². The van der Waals surface area contributed by atoms with Crippen LogP contribution in [-0.4, -0.2) is 50.2 Å². The molecule has 0 spiro atoms. The molecule has 0 bridgehead atoms. The zero-order chi connectivity index (χ0) is 18.6. The zero-order valence-electron chi connectivity index (χ0n) is 15.8. The van der Waals surface area contributed by atoms with Crippen molar-refractivity contribution in [1.29, 1.82) is 0 Å². The standard InChI is InChI=1S/C19H27N3O3/c1-13-11-16(14(2)22(13)10-9-21(3)4)19(23)20-17-8-7-15(24-5)12-18(17)25-6/h7-8,11-12H,9-10H2,1-6H3,(H,20,23). The molecule has 0 radical (unpaired) electrons. The van der Waals surface area contributed by atoms with Crippen LogP contribution >= 0.6 is 0 Å². The highest BCUT2D eigenvalue weighted by molar-refractivity contribution is 6.06. The van der Waals surface area contributed by atoms with Crippen LogP contribution in [-0.2, 0) is 6.54 Å². The van der Waals surface area contributed by atoms with Crippen molar-refractivity contribution < 1.29 is 14.3 Å². The zero-order valence-corrected chi connectivity index (χ0v) is 15.8. The predicted octanol–water partition coefficient (Wildman–Crippen LogP) is 2.94. The first kappa shape index (κ1) is 18.9. The minimum absolute atomic E-state index is 0.146. The molecule has 6 heteroatoms. The fourth-order valence-corrected chi connectivity index (χ4v) is 2.77. The minimum Gasteiger partial charge on any atom is -0.497 e. The molecule has 25 heavy (non-hydrogen) atoms. The molecule has 0 atom stereocenters. The lowest BCUT2D eigenvalue weighted by Crippen LogP contribution is -2.20. The Balaban J connectivity index is 2.23. The number of rotatable bonds is 7. The fraction of sp³-hybridized carbons (Fsp3) is 0.421. The first-order valence-electron chi connectivity index (χ1n) is 8.22. The Bertz CT molecular complexity index is 751. The number of amides is 1. The van der Waals surface area contributed by atoms with E-state index in [9.17, 15) is 4.79 Å². The van der Waals surface area contributed by atoms with Crippen molar-refractivity contribution in [2.24, 2.45) is 0 Å². The number of hydrogen-bond acceptors (Lipinski definition) is 4. The van der Waals surface area contributed by atoms with Gasteiger partial charge in [-0.15, -0.1) is 0 Å². The number of likely N-dealkylation sites (N-methyl/N-ethyl adjacent to an activating group) is 1. The molecule has 0 aliphatic carbocycles. The van der Waals surface area contributed by atoms with Gasteiger partial charge in [-0.2, -0.15) is 0 Å². The second-order valence-electron chi connectivity index (χ2n) is 6.26. The molecular weight excluding hydrogens is 318 g/mol. The van der Waals surface area contributed by atoms with Gasteiger partial charge < -0.3 is 24.3 Å². The van der Waals surface area contributed by atoms with Crippen molar-refractivity contribution in [3.63, 3.8) is 0 Å². The molecule has 2 aromatic rings. The quantitative estimate of drug-likeness (QED) is 0.838. The van der Waals surface area contributed by atoms with Crippen LogP contribution in [0, 0.1) is 13.8 Å². The highest BCUT2D eigenvalue weighted by atomic mass is 16.5. The Morgan fingerprint density at radius 1 is 1.16 bits per heavy atom. The Morgan fingerprint density at radius 2 is 1.88 bits per heavy atom. The number of nitrogens with one attached hydrogen (secondary N) is 1. The van der Waals surface area contributed by atoms with Crippen LogP contribution in [0.2, 0.25) is 0 Å². The molecule has 0 unspecified atom stereocenters. The Kier molecular flexibility index (Phi) is 6.09. The molecule has 0 aliphatic heterocycles. The Labute approximate surface area is 149 Å². The molecule has 1 aromatic carbocycles. The molecule has 1 heterocycles. The summed E-state index contributed by atoms with van der Waals surface area (Å²) in [5.74, 6) is 1.10. The third kappa shape index (κ3) is 4.33. The van der Waals surface area contributed by atoms with Gasteiger partial charge in [0.1, 0.15) is 11.5 Å². The average Bonchev–Trinajstić information content (AvgIpc) is 2.87. The Morgan fingerprint density at radius 3 is 2.48 bits per heavy atom. The highest BCUT2D eigenvalue weighted by Gasteiger charge is 2.17. The van der Waals surface area contributed by atoms with Crippen molar-refractivity contribution in [2.45, 2.75) is 20.4 Å². The summed E-state index contributed by atoms with van der Waals surface area (Å²) < 4.78 is 12.7. The maximum Gasteiger partial charge on any atom is 0.257 e. The summed E-state index contributed by atoms with van der Waals surface area (Å²) in [5, 5.41) is 2.93. The lowest BCUT2D eigenvalue weighted by molar-refractivity contribution is 0.102. The van der Waals surface area contributed by atoms with E-state index in [-0.39, 0.29) is 5.91 Å². The SMILES string of the molecule is COc1ccc(NC(=O)c2cc(C)n(CCN(C)C)c2C)c(OC)c1. The van der Waals surface area contributed by atoms with Crippen molar-refractivity contribution >= 4 is 11.6 Å². The second kappa shape index (κ2) is 8.07. The van der Waals surface area contributed by atoms with Gasteiger partial charge in [-0.3, -0.25) is 4.79 Å². The first-order valence-corrected chi connectivity index (χ1v) is 8.22. The van der Waals surface area contributed by atoms with E-state index in [1.807, 2.05) is 34.0 Å². The first-order chi connectivity index (χ1) is 11.9. The van der Waals surface area contributed by atoms with E-state index in [0.717, 1.165) is 24.5 Å². The number of benzene rings is 1. The van der Waals surface area contributed by atoms with Gasteiger partial charge in [-0.1, -0.05) is 0 Å². The third-order valence-corrected chi connectivity index (χ3v) is 4.25. The van der Waals surface area contributed by atoms with E-state index < -0.39 is 0 Å². The summed E-state index contributed by atoms with van der Waals surface area (Å²) in [6.45, 7) is 5.77. The highest BCUT2D eigenvalue weighted by Crippen LogP contribution is 2.29. The Hall–Kier alpha value is -2.47. The molecular formula is C19H27N3O3. The van der Waals surface area contributed by atoms with E-state index in [2.05, 4.69) is 14.8 Å². The van der Waals surface area contributed by atoms with E-state index in [4.69, 9.17) is 9.47 Å². The van der Waals surface area contributed by atoms with Crippen molar-refractivity contribution in [3.8, 4) is 11.5 Å². The van der Waals surface area contributed by atoms with Crippen LogP contribution in [0.4, 0.5) is 5.69 Å². The van der Waals surface area contributed by atoms with Gasteiger partial charge in [0.15, 0.2) is 0 Å². The van der Waals surface area contributed by atoms with E-state index >= 15 is 0 Å². The van der Waals surface area contributed by atoms with Gasteiger partial charge in [0.05, 0.1) is 25.5 Å². The van der Waals surface area contributed by atoms with Crippen molar-refractivity contribution in [3.05, 3.63) is 41.2 Å². The average molecular weight is 345 g/mol. The number of methoxy groups -OCH3 is 2. The van der Waals surface area contributed by atoms with Crippen molar-refractivity contribution in [1.82, 2.24) is 9.47 Å². The van der Waals surface area contributed by atoms with Crippen LogP contribution in [0.3, 0.4) is 0 Å². The van der Waals surface area contributed by atoms with E-state index in [1.165, 1.54) is 0 Å². The van der Waals surface area contributed by atoms with Crippen LogP contribution in [0.25, 0.3) is 0 Å². The number of hydrogen-bond donors (Lipinski definition) is 1. The van der Waals surface area contributed by atoms with E-state index in [1.54, 1.807) is 32.4 Å². The largest absolute Gasteiger partial charge is 0.497 e. The molecule has 2 rings (SSSR count). The molecule has 0 aliphatic rings. The number of aryl methyl sites for hydroxylation is 1. The lowest BCUT2D eigenvalue weighted by atomic mass is 10.2. The molecule has 136 valence electrons. The minimum atomic E-state index is -0.146. The molecule has 1 amide bonds. The van der Waals surface area contributed by atoms with E-state index in [0.29, 0.717) is 22.7 Å². The summed E-state index contributed by atoms with van der Waals surface area (Å²) >= 11 is 0. The predicted molar refractivity (Wildman–Crippen MR) is 100.0 cm³/mol. The molecule has 1 N–H and O–H groups in total. The number of ether oxygens (including phenoxy) is 2. The number of carbonyl (C=O) groups excluding carboxylic acids is 1. The topological polar surface area (TPSA) is 55.7 Å². The van der Waals surface area contributed by atoms with Gasteiger partial charge in [-0.05, 0) is 46.1 Å². The molecule has 0 saturated heterocycles. The number of carbonyl (C=O) groups is 1. The molecule has 0 saturated carbocycles. The maximum absolute atomic E-state index is 12.7. The van der Waals surface area contributed by atoms with Crippen LogP contribution < -0.4 is 14.8 Å². The lowest BCUT2D eigenvalue weighted by Gasteiger charge is -2.14. The number of anilines is 1. The maximum atomic E-state index is 12.7. The van der Waals surface area contributed by atoms with Gasteiger partial charge in [0.2, 0.25) is 0 Å². The molecule has 6 nitrogen and oxygen atoms in total. The summed E-state index contributed by atoms with van der Waals surface area (Å²) in [5.41, 5.74) is 3.33. The number of aromatic nitrogens is 1. The van der Waals surface area contributed by atoms with Gasteiger partial charge in [-0.25, -0.2) is 0 Å². The molecule has 1 aromatic heterocycles. The summed E-state index contributed by atoms with van der Waals surface area (Å²) in [7, 11) is 7.24. The fourth-order valence-electron chi connectivity index (χ4n) is 2.77. The van der Waals surface area contributed by atoms with Crippen molar-refractivity contribution in [2.75, 3.05) is 40.2 Å². The third-order valence-electron chi connectivity index (χ3n) is 4.25. The normalized spacial score (nSPS) is 10.8. The molecule has 0 fully saturated rings. The monoisotopic (exact) mass is 345 g/mol. The number of nitrogens with zero attached hydrogens (tertiary/aromatic N) is 2. The second-order valence-corrected chi connectivity index (χ2v) is 6.26. The summed E-state index contributed by atoms with van der Waals surface area (Å²) in [4.78, 5) is 14.9. The summed E-state index contributed by atoms with van der Waals surface area (Å²) in [6, 6.07) is 7.24. The summed E-state index contributed by atoms with van der Waals surface area (Å²) in [6.07, 6.45) is 0. The van der Waals surface area contributed by atoms with Crippen LogP contribution in [0.5, 0.6) is 11.5 Å². The smallest absolute Gasteiger partial charge is 0.257 e. The van der Waals surface area contributed by atoms with Gasteiger partial charge in [0, 0.05) is 30.5 Å². The van der Waals surface area contributed by atoms with Gasteiger partial charge >= 0.3 is 0 Å². The van der Waals surface area contributed by atoms with Gasteiger partial charge in [0.25, 0.3) is 5.91 Å².